The fraction of sp³-hybridized carbons (Fsp3) is 0.542. The first kappa shape index (κ1) is 22.2. The zero-order valence-electron chi connectivity index (χ0n) is 18.7. The third-order valence-corrected chi connectivity index (χ3v) is 5.33. The molecule has 0 bridgehead atoms. The van der Waals surface area contributed by atoms with Crippen LogP contribution in [0, 0.1) is 5.41 Å². The molecule has 162 valence electrons. The molecule has 1 aliphatic rings. The van der Waals surface area contributed by atoms with Gasteiger partial charge in [0.2, 0.25) is 5.95 Å². The number of anilines is 1. The molecule has 1 atom stereocenters. The second-order valence-electron chi connectivity index (χ2n) is 9.32. The maximum absolute atomic E-state index is 13.0. The van der Waals surface area contributed by atoms with Crippen molar-refractivity contribution >= 4 is 11.9 Å². The highest BCUT2D eigenvalue weighted by Crippen LogP contribution is 2.20. The standard InChI is InChI=1S/C24H35N5O/c1-18(19-10-6-5-7-11-19)27-23-26-16-20(22(30)29-14-8-9-15-29)21(28-23)12-13-25-17-24(2,3)4/h5-7,10-11,16,18,25H,8-9,12-15,17H2,1-4H3,(H,26,27,28). The lowest BCUT2D eigenvalue weighted by Crippen LogP contribution is -2.31. The fourth-order valence-electron chi connectivity index (χ4n) is 3.64. The number of likely N-dealkylation sites (tertiary alicyclic amines) is 1. The van der Waals surface area contributed by atoms with E-state index in [1.54, 1.807) is 6.20 Å². The molecule has 0 aliphatic carbocycles. The number of aromatic nitrogens is 2. The molecule has 2 heterocycles. The van der Waals surface area contributed by atoms with Gasteiger partial charge in [-0.25, -0.2) is 9.97 Å². The smallest absolute Gasteiger partial charge is 0.257 e. The first-order valence-electron chi connectivity index (χ1n) is 11.0. The van der Waals surface area contributed by atoms with E-state index >= 15 is 0 Å². The van der Waals surface area contributed by atoms with Crippen LogP contribution in [-0.4, -0.2) is 47.0 Å². The van der Waals surface area contributed by atoms with Gasteiger partial charge in [0.15, 0.2) is 0 Å². The van der Waals surface area contributed by atoms with Crippen molar-refractivity contribution in [1.82, 2.24) is 20.2 Å². The molecular weight excluding hydrogens is 374 g/mol. The Morgan fingerprint density at radius 2 is 1.87 bits per heavy atom. The van der Waals surface area contributed by atoms with E-state index in [1.165, 1.54) is 5.56 Å². The molecule has 30 heavy (non-hydrogen) atoms. The number of amides is 1. The van der Waals surface area contributed by atoms with Gasteiger partial charge in [-0.3, -0.25) is 4.79 Å². The summed E-state index contributed by atoms with van der Waals surface area (Å²) < 4.78 is 0. The molecule has 1 aliphatic heterocycles. The van der Waals surface area contributed by atoms with Crippen molar-refractivity contribution in [1.29, 1.82) is 0 Å². The van der Waals surface area contributed by atoms with Crippen LogP contribution in [0.3, 0.4) is 0 Å². The number of hydrogen-bond donors (Lipinski definition) is 2. The van der Waals surface area contributed by atoms with E-state index in [-0.39, 0.29) is 17.4 Å². The number of carbonyl (C=O) groups excluding carboxylic acids is 1. The summed E-state index contributed by atoms with van der Waals surface area (Å²) in [4.78, 5) is 24.2. The van der Waals surface area contributed by atoms with Crippen LogP contribution < -0.4 is 10.6 Å². The van der Waals surface area contributed by atoms with Crippen LogP contribution >= 0.6 is 0 Å². The predicted molar refractivity (Wildman–Crippen MR) is 122 cm³/mol. The summed E-state index contributed by atoms with van der Waals surface area (Å²) >= 11 is 0. The molecule has 2 N–H and O–H groups in total. The second-order valence-corrected chi connectivity index (χ2v) is 9.32. The van der Waals surface area contributed by atoms with E-state index in [2.05, 4.69) is 55.4 Å². The third kappa shape index (κ3) is 6.26. The second kappa shape index (κ2) is 10.0. The SMILES string of the molecule is CC(Nc1ncc(C(=O)N2CCCC2)c(CCNCC(C)(C)C)n1)c1ccccc1. The van der Waals surface area contributed by atoms with Crippen LogP contribution in [0.15, 0.2) is 36.5 Å². The highest BCUT2D eigenvalue weighted by atomic mass is 16.2. The van der Waals surface area contributed by atoms with Gasteiger partial charge in [0.05, 0.1) is 17.3 Å². The molecule has 1 fully saturated rings. The highest BCUT2D eigenvalue weighted by molar-refractivity contribution is 5.95. The third-order valence-electron chi connectivity index (χ3n) is 5.33. The predicted octanol–water partition coefficient (Wildman–Crippen LogP) is 4.06. The summed E-state index contributed by atoms with van der Waals surface area (Å²) in [6.07, 6.45) is 4.54. The minimum atomic E-state index is 0.0565. The zero-order chi connectivity index (χ0) is 21.6. The maximum atomic E-state index is 13.0. The van der Waals surface area contributed by atoms with Crippen molar-refractivity contribution in [3.05, 3.63) is 53.3 Å². The Morgan fingerprint density at radius 3 is 2.53 bits per heavy atom. The Balaban J connectivity index is 1.75. The van der Waals surface area contributed by atoms with Crippen molar-refractivity contribution in [3.63, 3.8) is 0 Å². The number of rotatable bonds is 8. The molecule has 6 nitrogen and oxygen atoms in total. The summed E-state index contributed by atoms with van der Waals surface area (Å²) in [7, 11) is 0. The monoisotopic (exact) mass is 409 g/mol. The molecule has 0 spiro atoms. The minimum absolute atomic E-state index is 0.0565. The Hall–Kier alpha value is -2.47. The molecule has 1 unspecified atom stereocenters. The quantitative estimate of drug-likeness (QED) is 0.644. The number of nitrogens with one attached hydrogen (secondary N) is 2. The summed E-state index contributed by atoms with van der Waals surface area (Å²) in [5.74, 6) is 0.621. The van der Waals surface area contributed by atoms with Gasteiger partial charge in [-0.05, 0) is 30.7 Å². The lowest BCUT2D eigenvalue weighted by Gasteiger charge is -2.20. The van der Waals surface area contributed by atoms with Crippen LogP contribution in [-0.2, 0) is 6.42 Å². The lowest BCUT2D eigenvalue weighted by atomic mass is 9.97. The Labute approximate surface area is 180 Å². The van der Waals surface area contributed by atoms with Crippen LogP contribution in [0.5, 0.6) is 0 Å². The number of hydrogen-bond acceptors (Lipinski definition) is 5. The van der Waals surface area contributed by atoms with Gasteiger partial charge in [0, 0.05) is 38.8 Å². The molecule has 2 aromatic rings. The van der Waals surface area contributed by atoms with E-state index in [0.717, 1.165) is 44.7 Å². The van der Waals surface area contributed by atoms with Crippen LogP contribution in [0.2, 0.25) is 0 Å². The van der Waals surface area contributed by atoms with Crippen LogP contribution in [0.25, 0.3) is 0 Å². The number of benzene rings is 1. The topological polar surface area (TPSA) is 70.2 Å². The van der Waals surface area contributed by atoms with Crippen molar-refractivity contribution in [2.45, 2.75) is 53.0 Å². The van der Waals surface area contributed by atoms with Gasteiger partial charge in [-0.15, -0.1) is 0 Å². The molecule has 0 radical (unpaired) electrons. The summed E-state index contributed by atoms with van der Waals surface area (Å²) in [5, 5.41) is 6.87. The Kier molecular flexibility index (Phi) is 7.43. The van der Waals surface area contributed by atoms with Crippen LogP contribution in [0.4, 0.5) is 5.95 Å². The molecule has 0 saturated carbocycles. The van der Waals surface area contributed by atoms with Gasteiger partial charge in [0.1, 0.15) is 0 Å². The summed E-state index contributed by atoms with van der Waals surface area (Å²) in [5.41, 5.74) is 2.84. The van der Waals surface area contributed by atoms with E-state index < -0.39 is 0 Å². The zero-order valence-corrected chi connectivity index (χ0v) is 18.7. The van der Waals surface area contributed by atoms with Crippen LogP contribution in [0.1, 0.15) is 68.2 Å². The maximum Gasteiger partial charge on any atom is 0.257 e. The first-order chi connectivity index (χ1) is 14.3. The molecular formula is C24H35N5O. The normalized spacial score (nSPS) is 15.3. The van der Waals surface area contributed by atoms with Crippen molar-refractivity contribution < 1.29 is 4.79 Å². The highest BCUT2D eigenvalue weighted by Gasteiger charge is 2.23. The average Bonchev–Trinajstić information content (AvgIpc) is 3.26. The fourth-order valence-corrected chi connectivity index (χ4v) is 3.64. The average molecular weight is 410 g/mol. The summed E-state index contributed by atoms with van der Waals surface area (Å²) in [6, 6.07) is 10.3. The molecule has 1 amide bonds. The molecule has 1 aromatic heterocycles. The van der Waals surface area contributed by atoms with Crippen molar-refractivity contribution in [2.24, 2.45) is 5.41 Å². The summed E-state index contributed by atoms with van der Waals surface area (Å²) in [6.45, 7) is 12.1. The van der Waals surface area contributed by atoms with Crippen molar-refractivity contribution in [3.8, 4) is 0 Å². The first-order valence-corrected chi connectivity index (χ1v) is 11.0. The number of carbonyl (C=O) groups is 1. The van der Waals surface area contributed by atoms with E-state index in [9.17, 15) is 4.79 Å². The molecule has 1 aromatic carbocycles. The van der Waals surface area contributed by atoms with Gasteiger partial charge in [0.25, 0.3) is 5.91 Å². The largest absolute Gasteiger partial charge is 0.348 e. The number of nitrogens with zero attached hydrogens (tertiary/aromatic N) is 3. The Bertz CT molecular complexity index is 825. The van der Waals surface area contributed by atoms with E-state index in [4.69, 9.17) is 4.98 Å². The lowest BCUT2D eigenvalue weighted by molar-refractivity contribution is 0.0790. The van der Waals surface area contributed by atoms with Gasteiger partial charge in [-0.1, -0.05) is 51.1 Å². The molecule has 1 saturated heterocycles. The van der Waals surface area contributed by atoms with Gasteiger partial charge in [-0.2, -0.15) is 0 Å². The molecule has 3 rings (SSSR count). The van der Waals surface area contributed by atoms with E-state index in [0.29, 0.717) is 17.9 Å². The van der Waals surface area contributed by atoms with Gasteiger partial charge >= 0.3 is 0 Å². The van der Waals surface area contributed by atoms with E-state index in [1.807, 2.05) is 23.1 Å². The van der Waals surface area contributed by atoms with Crippen molar-refractivity contribution in [2.75, 3.05) is 31.5 Å². The minimum Gasteiger partial charge on any atom is -0.348 e. The molecule has 6 heteroatoms. The van der Waals surface area contributed by atoms with Gasteiger partial charge < -0.3 is 15.5 Å². The Morgan fingerprint density at radius 1 is 1.17 bits per heavy atom.